The van der Waals surface area contributed by atoms with E-state index < -0.39 is 11.9 Å². The summed E-state index contributed by atoms with van der Waals surface area (Å²) in [6.07, 6.45) is 2.67. The molecule has 2 atom stereocenters. The summed E-state index contributed by atoms with van der Waals surface area (Å²) >= 11 is 0. The Bertz CT molecular complexity index is 589. The van der Waals surface area contributed by atoms with Crippen LogP contribution in [0.25, 0.3) is 0 Å². The summed E-state index contributed by atoms with van der Waals surface area (Å²) in [4.78, 5) is 23.5. The van der Waals surface area contributed by atoms with Gasteiger partial charge in [-0.25, -0.2) is 0 Å². The van der Waals surface area contributed by atoms with Crippen molar-refractivity contribution in [1.82, 2.24) is 5.32 Å². The predicted octanol–water partition coefficient (Wildman–Crippen LogP) is 2.75. The van der Waals surface area contributed by atoms with E-state index in [2.05, 4.69) is 5.32 Å². The largest absolute Gasteiger partial charge is 0.481 e. The molecule has 0 radical (unpaired) electrons. The molecular formula is C20H29NO5. The van der Waals surface area contributed by atoms with Gasteiger partial charge in [-0.1, -0.05) is 30.7 Å². The lowest BCUT2D eigenvalue weighted by molar-refractivity contribution is -0.144. The van der Waals surface area contributed by atoms with Crippen LogP contribution >= 0.6 is 0 Å². The van der Waals surface area contributed by atoms with Crippen molar-refractivity contribution in [1.29, 1.82) is 0 Å². The molecule has 1 aromatic rings. The second-order valence-electron chi connectivity index (χ2n) is 6.69. The van der Waals surface area contributed by atoms with Crippen LogP contribution in [-0.4, -0.2) is 36.8 Å². The van der Waals surface area contributed by atoms with E-state index in [1.54, 1.807) is 0 Å². The van der Waals surface area contributed by atoms with E-state index in [1.165, 1.54) is 0 Å². The summed E-state index contributed by atoms with van der Waals surface area (Å²) in [6, 6.07) is 7.92. The van der Waals surface area contributed by atoms with Crippen LogP contribution in [0, 0.1) is 11.8 Å². The van der Waals surface area contributed by atoms with Gasteiger partial charge < -0.3 is 19.9 Å². The molecule has 1 amide bonds. The number of ether oxygens (including phenoxy) is 2. The van der Waals surface area contributed by atoms with Crippen molar-refractivity contribution in [3.05, 3.63) is 35.4 Å². The molecule has 1 saturated carbocycles. The first kappa shape index (κ1) is 20.4. The molecule has 1 aliphatic carbocycles. The Morgan fingerprint density at radius 3 is 2.65 bits per heavy atom. The summed E-state index contributed by atoms with van der Waals surface area (Å²) in [6.45, 7) is 4.74. The molecule has 144 valence electrons. The van der Waals surface area contributed by atoms with Gasteiger partial charge in [0.25, 0.3) is 0 Å². The van der Waals surface area contributed by atoms with Gasteiger partial charge in [-0.3, -0.25) is 9.59 Å². The van der Waals surface area contributed by atoms with E-state index in [4.69, 9.17) is 14.6 Å². The third-order valence-electron chi connectivity index (χ3n) is 4.70. The first-order chi connectivity index (χ1) is 12.6. The Morgan fingerprint density at radius 1 is 1.15 bits per heavy atom. The van der Waals surface area contributed by atoms with Gasteiger partial charge in [-0.05, 0) is 37.3 Å². The highest BCUT2D eigenvalue weighted by Gasteiger charge is 2.30. The van der Waals surface area contributed by atoms with E-state index in [1.807, 2.05) is 31.2 Å². The number of carboxylic acids is 1. The van der Waals surface area contributed by atoms with Crippen LogP contribution in [0.5, 0.6) is 0 Å². The highest BCUT2D eigenvalue weighted by atomic mass is 16.5. The maximum Gasteiger partial charge on any atom is 0.306 e. The molecule has 26 heavy (non-hydrogen) atoms. The lowest BCUT2D eigenvalue weighted by Crippen LogP contribution is -2.35. The number of amides is 1. The SMILES string of the molecule is CCOCCOCc1cccc(CNC(=O)C2CCCC(C(=O)O)C2)c1. The predicted molar refractivity (Wildman–Crippen MR) is 97.5 cm³/mol. The topological polar surface area (TPSA) is 84.9 Å². The molecule has 2 N–H and O–H groups in total. The normalized spacial score (nSPS) is 19.9. The Hall–Kier alpha value is -1.92. The van der Waals surface area contributed by atoms with Crippen molar-refractivity contribution in [3.8, 4) is 0 Å². The molecule has 0 spiro atoms. The number of carbonyl (C=O) groups excluding carboxylic acids is 1. The Kier molecular flexibility index (Phi) is 8.58. The van der Waals surface area contributed by atoms with Crippen molar-refractivity contribution in [3.63, 3.8) is 0 Å². The summed E-state index contributed by atoms with van der Waals surface area (Å²) in [5.74, 6) is -1.43. The van der Waals surface area contributed by atoms with E-state index in [9.17, 15) is 9.59 Å². The standard InChI is InChI=1S/C20H29NO5/c1-2-25-9-10-26-14-16-6-3-5-15(11-16)13-21-19(22)17-7-4-8-18(12-17)20(23)24/h3,5-6,11,17-18H,2,4,7-10,12-14H2,1H3,(H,21,22)(H,23,24). The molecule has 1 aliphatic rings. The van der Waals surface area contributed by atoms with Gasteiger partial charge >= 0.3 is 5.97 Å². The molecule has 2 rings (SSSR count). The van der Waals surface area contributed by atoms with Gasteiger partial charge in [0.05, 0.1) is 25.7 Å². The second-order valence-corrected chi connectivity index (χ2v) is 6.69. The highest BCUT2D eigenvalue weighted by Crippen LogP contribution is 2.29. The van der Waals surface area contributed by atoms with Crippen molar-refractivity contribution >= 4 is 11.9 Å². The first-order valence-electron chi connectivity index (χ1n) is 9.34. The summed E-state index contributed by atoms with van der Waals surface area (Å²) in [7, 11) is 0. The fourth-order valence-electron chi connectivity index (χ4n) is 3.27. The molecule has 0 aromatic heterocycles. The van der Waals surface area contributed by atoms with Crippen molar-refractivity contribution < 1.29 is 24.2 Å². The van der Waals surface area contributed by atoms with E-state index in [0.29, 0.717) is 45.8 Å². The van der Waals surface area contributed by atoms with Gasteiger partial charge in [-0.2, -0.15) is 0 Å². The van der Waals surface area contributed by atoms with Crippen LogP contribution < -0.4 is 5.32 Å². The highest BCUT2D eigenvalue weighted by molar-refractivity contribution is 5.80. The molecule has 0 aliphatic heterocycles. The van der Waals surface area contributed by atoms with Gasteiger partial charge in [0.15, 0.2) is 0 Å². The van der Waals surface area contributed by atoms with Crippen LogP contribution in [0.4, 0.5) is 0 Å². The quantitative estimate of drug-likeness (QED) is 0.625. The summed E-state index contributed by atoms with van der Waals surface area (Å²) in [5, 5.41) is 12.1. The molecule has 6 nitrogen and oxygen atoms in total. The molecular weight excluding hydrogens is 334 g/mol. The fraction of sp³-hybridized carbons (Fsp3) is 0.600. The minimum Gasteiger partial charge on any atom is -0.481 e. The van der Waals surface area contributed by atoms with E-state index >= 15 is 0 Å². The average Bonchev–Trinajstić information content (AvgIpc) is 2.66. The third kappa shape index (κ3) is 6.77. The van der Waals surface area contributed by atoms with Crippen LogP contribution in [0.1, 0.15) is 43.7 Å². The van der Waals surface area contributed by atoms with Crippen molar-refractivity contribution in [2.75, 3.05) is 19.8 Å². The second kappa shape index (κ2) is 10.9. The van der Waals surface area contributed by atoms with Gasteiger partial charge in [0, 0.05) is 19.1 Å². The summed E-state index contributed by atoms with van der Waals surface area (Å²) in [5.41, 5.74) is 2.06. The number of rotatable bonds is 10. The first-order valence-corrected chi connectivity index (χ1v) is 9.34. The van der Waals surface area contributed by atoms with Crippen molar-refractivity contribution in [2.24, 2.45) is 11.8 Å². The molecule has 1 aromatic carbocycles. The number of hydrogen-bond donors (Lipinski definition) is 2. The number of aliphatic carboxylic acids is 1. The molecule has 1 fully saturated rings. The zero-order valence-electron chi connectivity index (χ0n) is 15.4. The molecule has 0 saturated heterocycles. The lowest BCUT2D eigenvalue weighted by atomic mass is 9.81. The van der Waals surface area contributed by atoms with Crippen molar-refractivity contribution in [2.45, 2.75) is 45.8 Å². The fourth-order valence-corrected chi connectivity index (χ4v) is 3.27. The smallest absolute Gasteiger partial charge is 0.306 e. The van der Waals surface area contributed by atoms with Gasteiger partial charge in [-0.15, -0.1) is 0 Å². The van der Waals surface area contributed by atoms with E-state index in [-0.39, 0.29) is 11.8 Å². The Labute approximate surface area is 154 Å². The third-order valence-corrected chi connectivity index (χ3v) is 4.70. The van der Waals surface area contributed by atoms with Crippen LogP contribution in [0.2, 0.25) is 0 Å². The number of nitrogens with one attached hydrogen (secondary N) is 1. The van der Waals surface area contributed by atoms with Crippen LogP contribution in [0.3, 0.4) is 0 Å². The Morgan fingerprint density at radius 2 is 1.88 bits per heavy atom. The van der Waals surface area contributed by atoms with E-state index in [0.717, 1.165) is 24.0 Å². The zero-order chi connectivity index (χ0) is 18.8. The number of carboxylic acid groups (broad SMARTS) is 1. The van der Waals surface area contributed by atoms with Gasteiger partial charge in [0.2, 0.25) is 5.91 Å². The van der Waals surface area contributed by atoms with Gasteiger partial charge in [0.1, 0.15) is 0 Å². The summed E-state index contributed by atoms with van der Waals surface area (Å²) < 4.78 is 10.8. The molecule has 0 heterocycles. The monoisotopic (exact) mass is 363 g/mol. The lowest BCUT2D eigenvalue weighted by Gasteiger charge is -2.25. The van der Waals surface area contributed by atoms with Crippen LogP contribution in [0.15, 0.2) is 24.3 Å². The zero-order valence-corrected chi connectivity index (χ0v) is 15.4. The molecule has 2 unspecified atom stereocenters. The molecule has 0 bridgehead atoms. The Balaban J connectivity index is 1.77. The molecule has 6 heteroatoms. The minimum atomic E-state index is -0.792. The average molecular weight is 363 g/mol. The number of benzene rings is 1. The number of carbonyl (C=O) groups is 2. The minimum absolute atomic E-state index is 0.0469. The van der Waals surface area contributed by atoms with Crippen LogP contribution in [-0.2, 0) is 32.2 Å². The number of hydrogen-bond acceptors (Lipinski definition) is 4. The maximum atomic E-state index is 12.4. The maximum absolute atomic E-state index is 12.4.